The maximum atomic E-state index is 12.1. The number of halogens is 1. The van der Waals surface area contributed by atoms with Gasteiger partial charge < -0.3 is 10.1 Å². The number of anilines is 1. The average Bonchev–Trinajstić information content (AvgIpc) is 2.50. The summed E-state index contributed by atoms with van der Waals surface area (Å²) < 4.78 is 5.67. The molecule has 0 saturated heterocycles. The summed E-state index contributed by atoms with van der Waals surface area (Å²) in [5.41, 5.74) is 1.82. The molecule has 2 rings (SSSR count). The first-order valence-electron chi connectivity index (χ1n) is 7.29. The summed E-state index contributed by atoms with van der Waals surface area (Å²) in [5, 5.41) is 3.27. The van der Waals surface area contributed by atoms with E-state index in [2.05, 4.69) is 19.2 Å². The van der Waals surface area contributed by atoms with E-state index in [4.69, 9.17) is 16.3 Å². The van der Waals surface area contributed by atoms with Crippen molar-refractivity contribution < 1.29 is 9.53 Å². The Morgan fingerprint density at radius 2 is 1.68 bits per heavy atom. The molecule has 0 bridgehead atoms. The number of amides is 1. The molecule has 0 aliphatic carbocycles. The van der Waals surface area contributed by atoms with Gasteiger partial charge in [0.05, 0.1) is 10.7 Å². The molecule has 3 nitrogen and oxygen atoms in total. The number of hydrogen-bond acceptors (Lipinski definition) is 2. The van der Waals surface area contributed by atoms with Crippen molar-refractivity contribution in [2.24, 2.45) is 0 Å². The Balaban J connectivity index is 1.98. The lowest BCUT2D eigenvalue weighted by atomic mass is 10.0. The molecule has 1 atom stereocenters. The van der Waals surface area contributed by atoms with Gasteiger partial charge in [-0.25, -0.2) is 0 Å². The summed E-state index contributed by atoms with van der Waals surface area (Å²) in [5.74, 6) is 0.905. The van der Waals surface area contributed by atoms with Crippen LogP contribution in [-0.4, -0.2) is 12.0 Å². The van der Waals surface area contributed by atoms with Crippen molar-refractivity contribution in [3.05, 3.63) is 59.1 Å². The zero-order chi connectivity index (χ0) is 16.1. The Morgan fingerprint density at radius 3 is 2.27 bits per heavy atom. The highest BCUT2D eigenvalue weighted by Crippen LogP contribution is 2.22. The number of carbonyl (C=O) groups excluding carboxylic acids is 1. The minimum absolute atomic E-state index is 0.235. The van der Waals surface area contributed by atoms with Crippen LogP contribution in [0.5, 0.6) is 5.75 Å². The first kappa shape index (κ1) is 16.4. The first-order valence-corrected chi connectivity index (χ1v) is 7.67. The van der Waals surface area contributed by atoms with Gasteiger partial charge in [-0.2, -0.15) is 0 Å². The zero-order valence-corrected chi connectivity index (χ0v) is 13.7. The third-order valence-corrected chi connectivity index (χ3v) is 3.69. The zero-order valence-electron chi connectivity index (χ0n) is 13.0. The fraction of sp³-hybridized carbons (Fsp3) is 0.278. The minimum atomic E-state index is -0.610. The molecule has 0 unspecified atom stereocenters. The van der Waals surface area contributed by atoms with Crippen molar-refractivity contribution in [1.82, 2.24) is 0 Å². The molecule has 0 aromatic heterocycles. The molecule has 0 fully saturated rings. The van der Waals surface area contributed by atoms with Crippen LogP contribution in [0.3, 0.4) is 0 Å². The third kappa shape index (κ3) is 4.25. The maximum absolute atomic E-state index is 12.1. The Bertz CT molecular complexity index is 638. The van der Waals surface area contributed by atoms with Crippen LogP contribution in [-0.2, 0) is 4.79 Å². The average molecular weight is 318 g/mol. The second kappa shape index (κ2) is 7.32. The van der Waals surface area contributed by atoms with E-state index in [0.29, 0.717) is 22.4 Å². The molecule has 0 saturated carbocycles. The SMILES string of the molecule is CC(C)c1ccc(O[C@H](C)C(=O)Nc2ccccc2Cl)cc1. The Hall–Kier alpha value is -2.00. The van der Waals surface area contributed by atoms with Gasteiger partial charge in [-0.05, 0) is 42.7 Å². The highest BCUT2D eigenvalue weighted by Gasteiger charge is 2.16. The highest BCUT2D eigenvalue weighted by atomic mass is 35.5. The molecule has 2 aromatic rings. The standard InChI is InChI=1S/C18H20ClNO2/c1-12(2)14-8-10-15(11-9-14)22-13(3)18(21)20-17-7-5-4-6-16(17)19/h4-13H,1-3H3,(H,20,21)/t13-/m1/s1. The predicted octanol–water partition coefficient (Wildman–Crippen LogP) is 4.87. The lowest BCUT2D eigenvalue weighted by molar-refractivity contribution is -0.122. The predicted molar refractivity (Wildman–Crippen MR) is 90.7 cm³/mol. The highest BCUT2D eigenvalue weighted by molar-refractivity contribution is 6.33. The van der Waals surface area contributed by atoms with E-state index in [-0.39, 0.29) is 5.91 Å². The molecule has 22 heavy (non-hydrogen) atoms. The van der Waals surface area contributed by atoms with Crippen molar-refractivity contribution in [2.75, 3.05) is 5.32 Å². The van der Waals surface area contributed by atoms with E-state index in [1.54, 1.807) is 19.1 Å². The van der Waals surface area contributed by atoms with Gasteiger partial charge in [0.25, 0.3) is 5.91 Å². The van der Waals surface area contributed by atoms with Crippen LogP contribution in [0.15, 0.2) is 48.5 Å². The summed E-state index contributed by atoms with van der Waals surface area (Å²) in [6.07, 6.45) is -0.610. The van der Waals surface area contributed by atoms with Gasteiger partial charge in [0, 0.05) is 0 Å². The van der Waals surface area contributed by atoms with Crippen LogP contribution in [0.25, 0.3) is 0 Å². The monoisotopic (exact) mass is 317 g/mol. The smallest absolute Gasteiger partial charge is 0.265 e. The summed E-state index contributed by atoms with van der Waals surface area (Å²) in [6.45, 7) is 5.98. The lowest BCUT2D eigenvalue weighted by Crippen LogP contribution is -2.30. The second-order valence-corrected chi connectivity index (χ2v) is 5.86. The van der Waals surface area contributed by atoms with Gasteiger partial charge in [-0.15, -0.1) is 0 Å². The number of ether oxygens (including phenoxy) is 1. The maximum Gasteiger partial charge on any atom is 0.265 e. The van der Waals surface area contributed by atoms with Gasteiger partial charge in [-0.1, -0.05) is 49.7 Å². The van der Waals surface area contributed by atoms with Crippen molar-refractivity contribution in [3.8, 4) is 5.75 Å². The molecule has 0 aliphatic heterocycles. The number of para-hydroxylation sites is 1. The van der Waals surface area contributed by atoms with Crippen LogP contribution in [0.1, 0.15) is 32.3 Å². The fourth-order valence-electron chi connectivity index (χ4n) is 1.99. The van der Waals surface area contributed by atoms with E-state index < -0.39 is 6.10 Å². The fourth-order valence-corrected chi connectivity index (χ4v) is 2.17. The summed E-state index contributed by atoms with van der Waals surface area (Å²) in [7, 11) is 0. The second-order valence-electron chi connectivity index (χ2n) is 5.45. The number of rotatable bonds is 5. The largest absolute Gasteiger partial charge is 0.481 e. The van der Waals surface area contributed by atoms with Crippen molar-refractivity contribution in [3.63, 3.8) is 0 Å². The molecule has 4 heteroatoms. The first-order chi connectivity index (χ1) is 10.5. The molecule has 0 spiro atoms. The van der Waals surface area contributed by atoms with E-state index in [0.717, 1.165) is 0 Å². The van der Waals surface area contributed by atoms with Gasteiger partial charge in [0.2, 0.25) is 0 Å². The van der Waals surface area contributed by atoms with E-state index in [9.17, 15) is 4.79 Å². The molecule has 1 amide bonds. The third-order valence-electron chi connectivity index (χ3n) is 3.36. The summed E-state index contributed by atoms with van der Waals surface area (Å²) in [4.78, 5) is 12.1. The molecule has 2 aromatic carbocycles. The number of nitrogens with one attached hydrogen (secondary N) is 1. The van der Waals surface area contributed by atoms with Crippen molar-refractivity contribution >= 4 is 23.2 Å². The van der Waals surface area contributed by atoms with Crippen LogP contribution in [0.4, 0.5) is 5.69 Å². The van der Waals surface area contributed by atoms with Crippen LogP contribution < -0.4 is 10.1 Å². The molecule has 0 aliphatic rings. The topological polar surface area (TPSA) is 38.3 Å². The number of benzene rings is 2. The Morgan fingerprint density at radius 1 is 1.05 bits per heavy atom. The summed E-state index contributed by atoms with van der Waals surface area (Å²) >= 11 is 6.02. The van der Waals surface area contributed by atoms with Gasteiger partial charge in [0.15, 0.2) is 6.10 Å². The van der Waals surface area contributed by atoms with E-state index >= 15 is 0 Å². The van der Waals surface area contributed by atoms with Gasteiger partial charge in [0.1, 0.15) is 5.75 Å². The normalized spacial score (nSPS) is 12.0. The van der Waals surface area contributed by atoms with Crippen LogP contribution in [0.2, 0.25) is 5.02 Å². The van der Waals surface area contributed by atoms with Crippen molar-refractivity contribution in [1.29, 1.82) is 0 Å². The van der Waals surface area contributed by atoms with Crippen molar-refractivity contribution in [2.45, 2.75) is 32.8 Å². The van der Waals surface area contributed by atoms with E-state index in [1.165, 1.54) is 5.56 Å². The molecule has 0 heterocycles. The Kier molecular flexibility index (Phi) is 5.45. The molecule has 1 N–H and O–H groups in total. The molecule has 116 valence electrons. The minimum Gasteiger partial charge on any atom is -0.481 e. The number of hydrogen-bond donors (Lipinski definition) is 1. The molecule has 0 radical (unpaired) electrons. The van der Waals surface area contributed by atoms with Crippen LogP contribution in [0, 0.1) is 0 Å². The number of carbonyl (C=O) groups is 1. The summed E-state index contributed by atoms with van der Waals surface area (Å²) in [6, 6.07) is 14.9. The lowest BCUT2D eigenvalue weighted by Gasteiger charge is -2.16. The van der Waals surface area contributed by atoms with Gasteiger partial charge in [-0.3, -0.25) is 4.79 Å². The van der Waals surface area contributed by atoms with E-state index in [1.807, 2.05) is 36.4 Å². The van der Waals surface area contributed by atoms with Crippen LogP contribution >= 0.6 is 11.6 Å². The van der Waals surface area contributed by atoms with Gasteiger partial charge >= 0.3 is 0 Å². The quantitative estimate of drug-likeness (QED) is 0.854. The molecular weight excluding hydrogens is 298 g/mol. The Labute approximate surface area is 136 Å². The molecular formula is C18H20ClNO2.